The summed E-state index contributed by atoms with van der Waals surface area (Å²) >= 11 is 0. The number of H-pyrrole nitrogens is 1. The predicted octanol–water partition coefficient (Wildman–Crippen LogP) is 3.69. The van der Waals surface area contributed by atoms with Crippen LogP contribution < -0.4 is 10.6 Å². The molecule has 3 N–H and O–H groups in total. The second-order valence-corrected chi connectivity index (χ2v) is 8.56. The number of benzene rings is 2. The maximum absolute atomic E-state index is 13.2. The third-order valence-electron chi connectivity index (χ3n) is 6.35. The first kappa shape index (κ1) is 21.6. The molecule has 0 radical (unpaired) electrons. The van der Waals surface area contributed by atoms with Crippen molar-refractivity contribution in [3.63, 3.8) is 0 Å². The van der Waals surface area contributed by atoms with Gasteiger partial charge in [-0.05, 0) is 43.7 Å². The number of nitro groups is 1. The van der Waals surface area contributed by atoms with E-state index in [9.17, 15) is 19.7 Å². The van der Waals surface area contributed by atoms with Gasteiger partial charge in [0.25, 0.3) is 17.5 Å². The van der Waals surface area contributed by atoms with Gasteiger partial charge in [-0.3, -0.25) is 19.7 Å². The Balaban J connectivity index is 1.48. The van der Waals surface area contributed by atoms with Gasteiger partial charge in [-0.15, -0.1) is 0 Å². The number of hydrogen-bond acceptors (Lipinski definition) is 5. The topological polar surface area (TPSA) is 126 Å². The zero-order chi connectivity index (χ0) is 24.0. The summed E-state index contributed by atoms with van der Waals surface area (Å²) in [6, 6.07) is 14.7. The molecule has 0 unspecified atom stereocenters. The molecular weight excluding hydrogens is 436 g/mol. The molecule has 34 heavy (non-hydrogen) atoms. The summed E-state index contributed by atoms with van der Waals surface area (Å²) in [7, 11) is 0. The second-order valence-electron chi connectivity index (χ2n) is 8.56. The molecule has 2 aromatic carbocycles. The van der Waals surface area contributed by atoms with Crippen LogP contribution in [0.25, 0.3) is 11.6 Å². The highest BCUT2D eigenvalue weighted by Gasteiger charge is 2.42. The number of amides is 2. The van der Waals surface area contributed by atoms with Crippen LogP contribution in [0.4, 0.5) is 11.4 Å². The first-order chi connectivity index (χ1) is 16.3. The largest absolute Gasteiger partial charge is 0.376 e. The highest BCUT2D eigenvalue weighted by molar-refractivity contribution is 6.35. The number of rotatable bonds is 5. The van der Waals surface area contributed by atoms with Crippen molar-refractivity contribution in [2.45, 2.75) is 19.4 Å². The monoisotopic (exact) mass is 458 g/mol. The van der Waals surface area contributed by atoms with E-state index in [-0.39, 0.29) is 17.5 Å². The Morgan fingerprint density at radius 3 is 2.53 bits per heavy atom. The maximum atomic E-state index is 13.2. The fraction of sp³-hybridized carbons (Fsp3) is 0.200. The molecule has 2 aliphatic rings. The molecule has 2 aliphatic heterocycles. The molecule has 1 aromatic heterocycles. The van der Waals surface area contributed by atoms with Crippen molar-refractivity contribution in [2.75, 3.05) is 18.5 Å². The standard InChI is InChI=1S/C25H22N4O5/c1-14-21(26-15(2)22(14)29(32)33)11-19-18-10-16(8-9-20(18)27-24(19)31)23(30)28-25(12-34-13-25)17-6-4-3-5-7-17/h3-11,26H,12-13H2,1-2H3,(H,27,31)(H,28,30)/b19-11-. The summed E-state index contributed by atoms with van der Waals surface area (Å²) in [5.74, 6) is -0.619. The zero-order valence-electron chi connectivity index (χ0n) is 18.6. The van der Waals surface area contributed by atoms with Crippen LogP contribution >= 0.6 is 0 Å². The van der Waals surface area contributed by atoms with Crippen LogP contribution in [0.3, 0.4) is 0 Å². The van der Waals surface area contributed by atoms with Gasteiger partial charge in [-0.1, -0.05) is 30.3 Å². The number of ether oxygens (including phenoxy) is 1. The number of nitrogens with zero attached hydrogens (tertiary/aromatic N) is 1. The average molecular weight is 458 g/mol. The average Bonchev–Trinajstić information content (AvgIpc) is 3.25. The number of carbonyl (C=O) groups is 2. The van der Waals surface area contributed by atoms with Crippen molar-refractivity contribution in [3.05, 3.63) is 92.3 Å². The Kier molecular flexibility index (Phi) is 5.06. The molecule has 0 atom stereocenters. The highest BCUT2D eigenvalue weighted by atomic mass is 16.6. The van der Waals surface area contributed by atoms with Crippen LogP contribution in [0.15, 0.2) is 48.5 Å². The molecule has 9 nitrogen and oxygen atoms in total. The van der Waals surface area contributed by atoms with Gasteiger partial charge in [0.05, 0.1) is 35.0 Å². The summed E-state index contributed by atoms with van der Waals surface area (Å²) < 4.78 is 5.41. The molecule has 9 heteroatoms. The lowest BCUT2D eigenvalue weighted by Crippen LogP contribution is -2.59. The second kappa shape index (κ2) is 7.96. The van der Waals surface area contributed by atoms with Crippen LogP contribution in [-0.4, -0.2) is 34.9 Å². The number of carbonyl (C=O) groups excluding carboxylic acids is 2. The van der Waals surface area contributed by atoms with Gasteiger partial charge in [0.2, 0.25) is 0 Å². The molecule has 1 saturated heterocycles. The van der Waals surface area contributed by atoms with E-state index >= 15 is 0 Å². The molecule has 3 heterocycles. The van der Waals surface area contributed by atoms with E-state index in [0.717, 1.165) is 5.56 Å². The van der Waals surface area contributed by atoms with Crippen LogP contribution in [0.5, 0.6) is 0 Å². The smallest absolute Gasteiger partial charge is 0.293 e. The normalized spacial score (nSPS) is 17.1. The van der Waals surface area contributed by atoms with Crippen molar-refractivity contribution >= 4 is 34.8 Å². The summed E-state index contributed by atoms with van der Waals surface area (Å²) in [5.41, 5.74) is 3.56. The zero-order valence-corrected chi connectivity index (χ0v) is 18.6. The SMILES string of the molecule is Cc1[nH]c(/C=C2\C(=O)Nc3ccc(C(=O)NC4(c5ccccc5)COC4)cc32)c(C)c1[N+](=O)[O-]. The van der Waals surface area contributed by atoms with Gasteiger partial charge in [-0.2, -0.15) is 0 Å². The van der Waals surface area contributed by atoms with E-state index in [0.29, 0.717) is 52.6 Å². The summed E-state index contributed by atoms with van der Waals surface area (Å²) in [5, 5.41) is 17.2. The first-order valence-electron chi connectivity index (χ1n) is 10.8. The third-order valence-corrected chi connectivity index (χ3v) is 6.35. The van der Waals surface area contributed by atoms with Crippen molar-refractivity contribution in [2.24, 2.45) is 0 Å². The van der Waals surface area contributed by atoms with Crippen LogP contribution in [0.2, 0.25) is 0 Å². The van der Waals surface area contributed by atoms with E-state index in [4.69, 9.17) is 4.74 Å². The highest BCUT2D eigenvalue weighted by Crippen LogP contribution is 2.36. The maximum Gasteiger partial charge on any atom is 0.293 e. The molecule has 1 fully saturated rings. The van der Waals surface area contributed by atoms with E-state index < -0.39 is 10.5 Å². The lowest BCUT2D eigenvalue weighted by atomic mass is 9.87. The molecular formula is C25H22N4O5. The van der Waals surface area contributed by atoms with Crippen molar-refractivity contribution in [1.29, 1.82) is 0 Å². The quantitative estimate of drug-likeness (QED) is 0.305. The van der Waals surface area contributed by atoms with E-state index in [2.05, 4.69) is 15.6 Å². The lowest BCUT2D eigenvalue weighted by Gasteiger charge is -2.42. The Morgan fingerprint density at radius 1 is 1.18 bits per heavy atom. The Labute approximate surface area is 195 Å². The molecule has 3 aromatic rings. The number of nitrogens with one attached hydrogen (secondary N) is 3. The summed E-state index contributed by atoms with van der Waals surface area (Å²) in [4.78, 5) is 39.7. The fourth-order valence-electron chi connectivity index (χ4n) is 4.46. The number of hydrogen-bond donors (Lipinski definition) is 3. The third kappa shape index (κ3) is 3.46. The van der Waals surface area contributed by atoms with Crippen LogP contribution in [0, 0.1) is 24.0 Å². The number of aryl methyl sites for hydroxylation is 1. The van der Waals surface area contributed by atoms with Gasteiger partial charge >= 0.3 is 0 Å². The van der Waals surface area contributed by atoms with E-state index in [1.54, 1.807) is 38.1 Å². The summed E-state index contributed by atoms with van der Waals surface area (Å²) in [6.45, 7) is 4.01. The molecule has 0 bridgehead atoms. The van der Waals surface area contributed by atoms with Gasteiger partial charge in [-0.25, -0.2) is 0 Å². The van der Waals surface area contributed by atoms with Gasteiger partial charge < -0.3 is 20.4 Å². The number of anilines is 1. The minimum Gasteiger partial charge on any atom is -0.376 e. The molecule has 172 valence electrons. The fourth-order valence-corrected chi connectivity index (χ4v) is 4.46. The first-order valence-corrected chi connectivity index (χ1v) is 10.8. The van der Waals surface area contributed by atoms with E-state index in [1.807, 2.05) is 30.3 Å². The summed E-state index contributed by atoms with van der Waals surface area (Å²) in [6.07, 6.45) is 1.59. The van der Waals surface area contributed by atoms with Gasteiger partial charge in [0, 0.05) is 22.5 Å². The molecule has 0 aliphatic carbocycles. The van der Waals surface area contributed by atoms with Crippen molar-refractivity contribution in [3.8, 4) is 0 Å². The Bertz CT molecular complexity index is 1370. The van der Waals surface area contributed by atoms with Crippen molar-refractivity contribution < 1.29 is 19.2 Å². The molecule has 5 rings (SSSR count). The predicted molar refractivity (Wildman–Crippen MR) is 126 cm³/mol. The lowest BCUT2D eigenvalue weighted by molar-refractivity contribution is -0.385. The van der Waals surface area contributed by atoms with Crippen LogP contribution in [-0.2, 0) is 15.1 Å². The minimum absolute atomic E-state index is 0.00691. The van der Waals surface area contributed by atoms with E-state index in [1.165, 1.54) is 0 Å². The van der Waals surface area contributed by atoms with Gasteiger partial charge in [0.15, 0.2) is 0 Å². The number of fused-ring (bicyclic) bond motifs is 1. The van der Waals surface area contributed by atoms with Gasteiger partial charge in [0.1, 0.15) is 5.54 Å². The minimum atomic E-state index is -0.595. The Hall–Kier alpha value is -4.24. The molecule has 0 spiro atoms. The molecule has 2 amide bonds. The number of aromatic amines is 1. The van der Waals surface area contributed by atoms with Crippen LogP contribution in [0.1, 0.15) is 38.4 Å². The number of aromatic nitrogens is 1. The van der Waals surface area contributed by atoms with Crippen molar-refractivity contribution in [1.82, 2.24) is 10.3 Å². The molecule has 0 saturated carbocycles. The Morgan fingerprint density at radius 2 is 1.91 bits per heavy atom.